The summed E-state index contributed by atoms with van der Waals surface area (Å²) < 4.78 is 15.2. The van der Waals surface area contributed by atoms with Gasteiger partial charge in [-0.1, -0.05) is 42.5 Å². The summed E-state index contributed by atoms with van der Waals surface area (Å²) in [7, 11) is 0. The third-order valence-electron chi connectivity index (χ3n) is 4.12. The van der Waals surface area contributed by atoms with Gasteiger partial charge in [0.25, 0.3) is 11.8 Å². The number of fused-ring (bicyclic) bond motifs is 1. The van der Waals surface area contributed by atoms with Crippen LogP contribution in [-0.2, 0) is 9.68 Å². The van der Waals surface area contributed by atoms with E-state index in [9.17, 15) is 14.1 Å². The van der Waals surface area contributed by atoms with Gasteiger partial charge in [0.2, 0.25) is 0 Å². The Kier molecular flexibility index (Phi) is 4.43. The number of rotatable bonds is 4. The number of benzene rings is 2. The van der Waals surface area contributed by atoms with Gasteiger partial charge in [0.1, 0.15) is 6.61 Å². The topological polar surface area (TPSA) is 62.3 Å². The number of halogens is 2. The number of amides is 2. The van der Waals surface area contributed by atoms with E-state index in [-0.39, 0.29) is 23.0 Å². The summed E-state index contributed by atoms with van der Waals surface area (Å²) in [6.45, 7) is -0.321. The van der Waals surface area contributed by atoms with Crippen molar-refractivity contribution in [3.05, 3.63) is 71.3 Å². The lowest BCUT2D eigenvalue weighted by molar-refractivity contribution is -0.292. The standard InChI is InChI=1S/C17H13ClFN3O4/c18-20-14(26-22(19)15(20)11-6-2-1-3-7-11)10-25-21-16(23)12-8-4-5-9-13(12)17(21)24/h1-9,14-15H,10H2. The predicted molar refractivity (Wildman–Crippen MR) is 87.6 cm³/mol. The van der Waals surface area contributed by atoms with E-state index in [0.717, 1.165) is 4.42 Å². The minimum atomic E-state index is -1.03. The Labute approximate surface area is 153 Å². The van der Waals surface area contributed by atoms with Crippen molar-refractivity contribution < 1.29 is 23.7 Å². The minimum Gasteiger partial charge on any atom is -0.266 e. The normalized spacial score (nSPS) is 23.7. The van der Waals surface area contributed by atoms with E-state index in [2.05, 4.69) is 0 Å². The molecule has 134 valence electrons. The van der Waals surface area contributed by atoms with E-state index in [0.29, 0.717) is 10.6 Å². The molecule has 2 unspecified atom stereocenters. The van der Waals surface area contributed by atoms with Gasteiger partial charge in [-0.05, 0) is 29.5 Å². The molecule has 2 aliphatic heterocycles. The lowest BCUT2D eigenvalue weighted by Gasteiger charge is -2.20. The first kappa shape index (κ1) is 17.1. The summed E-state index contributed by atoms with van der Waals surface area (Å²) in [6.07, 6.45) is -2.01. The summed E-state index contributed by atoms with van der Waals surface area (Å²) in [4.78, 5) is 34.8. The van der Waals surface area contributed by atoms with E-state index in [1.54, 1.807) is 42.5 Å². The van der Waals surface area contributed by atoms with E-state index < -0.39 is 24.2 Å². The first-order valence-corrected chi connectivity index (χ1v) is 8.13. The average molecular weight is 378 g/mol. The molecule has 2 aromatic carbocycles. The Bertz CT molecular complexity index is 818. The van der Waals surface area contributed by atoms with Gasteiger partial charge in [0, 0.05) is 5.29 Å². The van der Waals surface area contributed by atoms with Crippen molar-refractivity contribution in [3.63, 3.8) is 0 Å². The monoisotopic (exact) mass is 377 g/mol. The van der Waals surface area contributed by atoms with Crippen LogP contribution >= 0.6 is 11.8 Å². The lowest BCUT2D eigenvalue weighted by atomic mass is 10.1. The predicted octanol–water partition coefficient (Wildman–Crippen LogP) is 2.83. The Morgan fingerprint density at radius 3 is 2.19 bits per heavy atom. The summed E-state index contributed by atoms with van der Waals surface area (Å²) >= 11 is 6.18. The highest BCUT2D eigenvalue weighted by Gasteiger charge is 2.44. The van der Waals surface area contributed by atoms with Crippen LogP contribution in [0, 0.1) is 0 Å². The average Bonchev–Trinajstić information content (AvgIpc) is 3.08. The van der Waals surface area contributed by atoms with E-state index >= 15 is 0 Å². The maximum atomic E-state index is 14.1. The Morgan fingerprint density at radius 1 is 1.00 bits per heavy atom. The molecule has 4 rings (SSSR count). The largest absolute Gasteiger partial charge is 0.285 e. The van der Waals surface area contributed by atoms with Crippen LogP contribution in [0.4, 0.5) is 4.48 Å². The third kappa shape index (κ3) is 2.77. The molecule has 0 aromatic heterocycles. The number of imide groups is 1. The maximum Gasteiger partial charge on any atom is 0.285 e. The van der Waals surface area contributed by atoms with Gasteiger partial charge in [-0.25, -0.2) is 4.84 Å². The molecule has 2 amide bonds. The van der Waals surface area contributed by atoms with Gasteiger partial charge in [0.15, 0.2) is 12.4 Å². The molecule has 1 fully saturated rings. The summed E-state index contributed by atoms with van der Waals surface area (Å²) in [6, 6.07) is 15.1. The minimum absolute atomic E-state index is 0.110. The Balaban J connectivity index is 1.45. The molecule has 0 spiro atoms. The molecule has 0 saturated carbocycles. The molecule has 2 heterocycles. The zero-order valence-electron chi connectivity index (χ0n) is 13.3. The van der Waals surface area contributed by atoms with E-state index in [1.165, 1.54) is 12.1 Å². The van der Waals surface area contributed by atoms with Crippen LogP contribution in [0.1, 0.15) is 32.4 Å². The molecule has 0 bridgehead atoms. The second-order valence-corrected chi connectivity index (χ2v) is 6.10. The van der Waals surface area contributed by atoms with Crippen LogP contribution in [0.15, 0.2) is 54.6 Å². The van der Waals surface area contributed by atoms with Crippen LogP contribution in [0.25, 0.3) is 0 Å². The smallest absolute Gasteiger partial charge is 0.266 e. The van der Waals surface area contributed by atoms with Gasteiger partial charge in [-0.15, -0.1) is 9.54 Å². The molecule has 1 saturated heterocycles. The Hall–Kier alpha value is -2.36. The Morgan fingerprint density at radius 2 is 1.58 bits per heavy atom. The van der Waals surface area contributed by atoms with Gasteiger partial charge < -0.3 is 0 Å². The van der Waals surface area contributed by atoms with Crippen LogP contribution in [-0.4, -0.2) is 39.4 Å². The van der Waals surface area contributed by atoms with E-state index in [1.807, 2.05) is 0 Å². The van der Waals surface area contributed by atoms with Crippen LogP contribution in [0.5, 0.6) is 0 Å². The second kappa shape index (κ2) is 6.75. The number of nitrogens with zero attached hydrogens (tertiary/aromatic N) is 3. The molecule has 9 heteroatoms. The third-order valence-corrected chi connectivity index (χ3v) is 4.53. The van der Waals surface area contributed by atoms with Crippen molar-refractivity contribution in [2.75, 3.05) is 6.61 Å². The molecule has 7 nitrogen and oxygen atoms in total. The maximum absolute atomic E-state index is 14.1. The highest BCUT2D eigenvalue weighted by Crippen LogP contribution is 2.36. The van der Waals surface area contributed by atoms with Crippen molar-refractivity contribution in [3.8, 4) is 0 Å². The first-order chi connectivity index (χ1) is 12.6. The lowest BCUT2D eigenvalue weighted by Crippen LogP contribution is -2.36. The second-order valence-electron chi connectivity index (χ2n) is 5.71. The number of hydrogen-bond donors (Lipinski definition) is 0. The quantitative estimate of drug-likeness (QED) is 0.603. The van der Waals surface area contributed by atoms with Crippen molar-refractivity contribution in [2.24, 2.45) is 0 Å². The van der Waals surface area contributed by atoms with E-state index in [4.69, 9.17) is 21.5 Å². The molecule has 26 heavy (non-hydrogen) atoms. The SMILES string of the molecule is O=C1c2ccccc2C(=O)N1OCC1ON(F)C(c2ccccc2)N1Cl. The van der Waals surface area contributed by atoms with Crippen molar-refractivity contribution in [2.45, 2.75) is 12.4 Å². The van der Waals surface area contributed by atoms with Gasteiger partial charge in [-0.3, -0.25) is 14.4 Å². The highest BCUT2D eigenvalue weighted by atomic mass is 35.5. The molecule has 2 aromatic rings. The summed E-state index contributed by atoms with van der Waals surface area (Å²) in [5.41, 5.74) is 1.08. The molecular formula is C17H13ClFN3O4. The van der Waals surface area contributed by atoms with Crippen molar-refractivity contribution in [1.29, 1.82) is 0 Å². The molecule has 0 aliphatic carbocycles. The van der Waals surface area contributed by atoms with Gasteiger partial charge >= 0.3 is 0 Å². The fraction of sp³-hybridized carbons (Fsp3) is 0.176. The van der Waals surface area contributed by atoms with Crippen LogP contribution in [0.3, 0.4) is 0 Å². The summed E-state index contributed by atoms with van der Waals surface area (Å²) in [5, 5.41) is 0.746. The fourth-order valence-electron chi connectivity index (χ4n) is 2.87. The number of carbonyl (C=O) groups is 2. The molecule has 0 N–H and O–H groups in total. The van der Waals surface area contributed by atoms with Crippen LogP contribution in [0.2, 0.25) is 0 Å². The first-order valence-electron chi connectivity index (χ1n) is 7.79. The summed E-state index contributed by atoms with van der Waals surface area (Å²) in [5.74, 6) is -1.16. The molecular weight excluding hydrogens is 365 g/mol. The number of hydrogen-bond acceptors (Lipinski definition) is 6. The van der Waals surface area contributed by atoms with Crippen molar-refractivity contribution in [1.82, 2.24) is 14.8 Å². The molecule has 2 atom stereocenters. The molecule has 0 radical (unpaired) electrons. The van der Waals surface area contributed by atoms with Crippen LogP contribution < -0.4 is 0 Å². The molecule has 2 aliphatic rings. The number of carbonyl (C=O) groups excluding carboxylic acids is 2. The van der Waals surface area contributed by atoms with Gasteiger partial charge in [0.05, 0.1) is 11.1 Å². The zero-order valence-corrected chi connectivity index (χ0v) is 14.0. The number of hydroxylamine groups is 3. The van der Waals surface area contributed by atoms with Crippen molar-refractivity contribution >= 4 is 23.6 Å². The fourth-order valence-corrected chi connectivity index (χ4v) is 3.15. The highest BCUT2D eigenvalue weighted by molar-refractivity contribution is 6.20. The van der Waals surface area contributed by atoms with Gasteiger partial charge in [-0.2, -0.15) is 4.42 Å². The zero-order chi connectivity index (χ0) is 18.3.